The van der Waals surface area contributed by atoms with E-state index >= 15 is 0 Å². The Kier molecular flexibility index (Phi) is 4.23. The zero-order valence-corrected chi connectivity index (χ0v) is 10.1. The van der Waals surface area contributed by atoms with Gasteiger partial charge in [-0.25, -0.2) is 4.98 Å². The van der Waals surface area contributed by atoms with Crippen LogP contribution in [-0.4, -0.2) is 28.9 Å². The molecular weight excluding hydrogens is 210 g/mol. The number of amides is 1. The molecule has 0 aliphatic heterocycles. The third-order valence-electron chi connectivity index (χ3n) is 2.24. The summed E-state index contributed by atoms with van der Waals surface area (Å²) >= 11 is 1.54. The van der Waals surface area contributed by atoms with E-state index in [9.17, 15) is 4.79 Å². The van der Waals surface area contributed by atoms with Gasteiger partial charge in [0.05, 0.1) is 12.6 Å². The molecule has 0 unspecified atom stereocenters. The number of hydrogen-bond donors (Lipinski definition) is 1. The summed E-state index contributed by atoms with van der Waals surface area (Å²) in [5, 5.41) is 2.83. The summed E-state index contributed by atoms with van der Waals surface area (Å²) in [5.74, 6) is 0.136. The van der Waals surface area contributed by atoms with Crippen molar-refractivity contribution >= 4 is 17.2 Å². The molecule has 0 spiro atoms. The summed E-state index contributed by atoms with van der Waals surface area (Å²) in [6, 6.07) is -0.421. The van der Waals surface area contributed by atoms with E-state index < -0.39 is 6.04 Å². The van der Waals surface area contributed by atoms with Gasteiger partial charge in [0.1, 0.15) is 5.01 Å². The fourth-order valence-electron chi connectivity index (χ4n) is 1.15. The molecule has 0 aliphatic carbocycles. The smallest absolute Gasteiger partial charge is 0.239 e. The van der Waals surface area contributed by atoms with Crippen molar-refractivity contribution in [1.29, 1.82) is 0 Å². The van der Waals surface area contributed by atoms with E-state index in [4.69, 9.17) is 5.73 Å². The first-order valence-electron chi connectivity index (χ1n) is 4.91. The van der Waals surface area contributed by atoms with E-state index in [0.717, 1.165) is 5.01 Å². The Morgan fingerprint density at radius 2 is 2.33 bits per heavy atom. The largest absolute Gasteiger partial charge is 0.338 e. The Hall–Kier alpha value is -0.940. The number of hydrogen-bond acceptors (Lipinski definition) is 4. The van der Waals surface area contributed by atoms with Crippen molar-refractivity contribution in [3.63, 3.8) is 0 Å². The fourth-order valence-corrected chi connectivity index (χ4v) is 1.82. The normalized spacial score (nSPS) is 12.9. The summed E-state index contributed by atoms with van der Waals surface area (Å²) in [6.07, 6.45) is 1.74. The second-order valence-electron chi connectivity index (χ2n) is 3.89. The van der Waals surface area contributed by atoms with Gasteiger partial charge in [-0.2, -0.15) is 0 Å². The molecule has 2 N–H and O–H groups in total. The maximum Gasteiger partial charge on any atom is 0.239 e. The number of carbonyl (C=O) groups is 1. The lowest BCUT2D eigenvalue weighted by molar-refractivity contribution is -0.132. The van der Waals surface area contributed by atoms with E-state index in [-0.39, 0.29) is 11.8 Å². The maximum atomic E-state index is 11.8. The number of aromatic nitrogens is 1. The molecule has 1 rings (SSSR count). The molecule has 1 aromatic heterocycles. The van der Waals surface area contributed by atoms with E-state index in [1.165, 1.54) is 0 Å². The molecule has 0 saturated heterocycles. The van der Waals surface area contributed by atoms with Crippen LogP contribution in [0.5, 0.6) is 0 Å². The highest BCUT2D eigenvalue weighted by Crippen LogP contribution is 2.09. The minimum absolute atomic E-state index is 0.0276. The lowest BCUT2D eigenvalue weighted by Gasteiger charge is -2.22. The van der Waals surface area contributed by atoms with Crippen molar-refractivity contribution in [3.8, 4) is 0 Å². The number of nitrogens with two attached hydrogens (primary N) is 1. The SMILES string of the molecule is CC(C)[C@H](N)C(=O)N(C)Cc1nccs1. The van der Waals surface area contributed by atoms with Crippen LogP contribution in [-0.2, 0) is 11.3 Å². The van der Waals surface area contributed by atoms with Crippen molar-refractivity contribution < 1.29 is 4.79 Å². The van der Waals surface area contributed by atoms with Gasteiger partial charge in [0, 0.05) is 18.6 Å². The van der Waals surface area contributed by atoms with Crippen molar-refractivity contribution in [2.45, 2.75) is 26.4 Å². The predicted octanol–water partition coefficient (Wildman–Crippen LogP) is 1.08. The summed E-state index contributed by atoms with van der Waals surface area (Å²) in [4.78, 5) is 17.5. The molecule has 4 nitrogen and oxygen atoms in total. The molecule has 1 amide bonds. The molecule has 5 heteroatoms. The Balaban J connectivity index is 2.54. The van der Waals surface area contributed by atoms with Crippen LogP contribution in [0.2, 0.25) is 0 Å². The molecule has 0 bridgehead atoms. The van der Waals surface area contributed by atoms with E-state index in [1.807, 2.05) is 19.2 Å². The zero-order valence-electron chi connectivity index (χ0n) is 9.30. The van der Waals surface area contributed by atoms with Gasteiger partial charge >= 0.3 is 0 Å². The van der Waals surface area contributed by atoms with Gasteiger partial charge in [-0.05, 0) is 5.92 Å². The first kappa shape index (κ1) is 12.1. The highest BCUT2D eigenvalue weighted by Gasteiger charge is 2.21. The second kappa shape index (κ2) is 5.23. The maximum absolute atomic E-state index is 11.8. The fraction of sp³-hybridized carbons (Fsp3) is 0.600. The van der Waals surface area contributed by atoms with Crippen LogP contribution in [0, 0.1) is 5.92 Å². The van der Waals surface area contributed by atoms with Gasteiger partial charge in [0.15, 0.2) is 0 Å². The van der Waals surface area contributed by atoms with Gasteiger partial charge in [-0.1, -0.05) is 13.8 Å². The topological polar surface area (TPSA) is 59.2 Å². The summed E-state index contributed by atoms with van der Waals surface area (Å²) in [6.45, 7) is 4.43. The van der Waals surface area contributed by atoms with Crippen LogP contribution in [0.25, 0.3) is 0 Å². The number of carbonyl (C=O) groups excluding carboxylic acids is 1. The minimum Gasteiger partial charge on any atom is -0.338 e. The Morgan fingerprint density at radius 1 is 1.67 bits per heavy atom. The first-order valence-corrected chi connectivity index (χ1v) is 5.79. The third-order valence-corrected chi connectivity index (χ3v) is 3.00. The predicted molar refractivity (Wildman–Crippen MR) is 61.4 cm³/mol. The molecular formula is C10H17N3OS. The highest BCUT2D eigenvalue weighted by molar-refractivity contribution is 7.09. The van der Waals surface area contributed by atoms with Gasteiger partial charge in [0.2, 0.25) is 5.91 Å². The molecule has 0 aromatic carbocycles. The van der Waals surface area contributed by atoms with Gasteiger partial charge in [0.25, 0.3) is 0 Å². The van der Waals surface area contributed by atoms with Crippen LogP contribution >= 0.6 is 11.3 Å². The lowest BCUT2D eigenvalue weighted by Crippen LogP contribution is -2.44. The zero-order chi connectivity index (χ0) is 11.4. The molecule has 1 heterocycles. The molecule has 0 aliphatic rings. The number of thiazole rings is 1. The van der Waals surface area contributed by atoms with Crippen LogP contribution in [0.3, 0.4) is 0 Å². The minimum atomic E-state index is -0.421. The first-order chi connectivity index (χ1) is 7.02. The van der Waals surface area contributed by atoms with E-state index in [0.29, 0.717) is 6.54 Å². The van der Waals surface area contributed by atoms with Crippen LogP contribution in [0.4, 0.5) is 0 Å². The lowest BCUT2D eigenvalue weighted by atomic mass is 10.0. The monoisotopic (exact) mass is 227 g/mol. The number of nitrogens with zero attached hydrogens (tertiary/aromatic N) is 2. The summed E-state index contributed by atoms with van der Waals surface area (Å²) in [7, 11) is 1.76. The summed E-state index contributed by atoms with van der Waals surface area (Å²) < 4.78 is 0. The van der Waals surface area contributed by atoms with Crippen molar-refractivity contribution in [3.05, 3.63) is 16.6 Å². The quantitative estimate of drug-likeness (QED) is 0.837. The molecule has 84 valence electrons. The Morgan fingerprint density at radius 3 is 2.80 bits per heavy atom. The molecule has 1 atom stereocenters. The standard InChI is InChI=1S/C10H17N3OS/c1-7(2)9(11)10(14)13(3)6-8-12-4-5-15-8/h4-5,7,9H,6,11H2,1-3H3/t9-/m0/s1. The van der Waals surface area contributed by atoms with Gasteiger partial charge in [-0.15, -0.1) is 11.3 Å². The summed E-state index contributed by atoms with van der Waals surface area (Å²) in [5.41, 5.74) is 5.78. The molecule has 1 aromatic rings. The Bertz CT molecular complexity index is 310. The molecule has 0 saturated carbocycles. The van der Waals surface area contributed by atoms with E-state index in [2.05, 4.69) is 4.98 Å². The molecule has 0 fully saturated rings. The Labute approximate surface area is 94.1 Å². The van der Waals surface area contributed by atoms with Crippen LogP contribution in [0.1, 0.15) is 18.9 Å². The van der Waals surface area contributed by atoms with Crippen molar-refractivity contribution in [2.24, 2.45) is 11.7 Å². The molecule has 0 radical (unpaired) electrons. The average Bonchev–Trinajstić information content (AvgIpc) is 2.67. The van der Waals surface area contributed by atoms with E-state index in [1.54, 1.807) is 29.5 Å². The second-order valence-corrected chi connectivity index (χ2v) is 4.87. The molecule has 15 heavy (non-hydrogen) atoms. The number of rotatable bonds is 4. The van der Waals surface area contributed by atoms with Crippen LogP contribution in [0.15, 0.2) is 11.6 Å². The number of likely N-dealkylation sites (N-methyl/N-ethyl adjacent to an activating group) is 1. The van der Waals surface area contributed by atoms with Gasteiger partial charge in [-0.3, -0.25) is 4.79 Å². The van der Waals surface area contributed by atoms with Crippen LogP contribution < -0.4 is 5.73 Å². The van der Waals surface area contributed by atoms with Crippen molar-refractivity contribution in [2.75, 3.05) is 7.05 Å². The highest BCUT2D eigenvalue weighted by atomic mass is 32.1. The third kappa shape index (κ3) is 3.28. The average molecular weight is 227 g/mol. The van der Waals surface area contributed by atoms with Gasteiger partial charge < -0.3 is 10.6 Å². The van der Waals surface area contributed by atoms with Crippen molar-refractivity contribution in [1.82, 2.24) is 9.88 Å².